The summed E-state index contributed by atoms with van der Waals surface area (Å²) in [6.07, 6.45) is 5.94. The van der Waals surface area contributed by atoms with E-state index in [1.807, 2.05) is 42.5 Å². The van der Waals surface area contributed by atoms with Gasteiger partial charge in [-0.05, 0) is 29.8 Å². The van der Waals surface area contributed by atoms with Crippen LogP contribution in [0.15, 0.2) is 43.0 Å². The molecule has 2 N–H and O–H groups in total. The van der Waals surface area contributed by atoms with E-state index in [-0.39, 0.29) is 0 Å². The minimum atomic E-state index is 0.576. The van der Waals surface area contributed by atoms with Gasteiger partial charge in [0.15, 0.2) is 18.0 Å². The second-order valence-corrected chi connectivity index (χ2v) is 4.97. The molecule has 0 unspecified atom stereocenters. The molecule has 1 aromatic carbocycles. The molecule has 0 fully saturated rings. The normalized spacial score (nSPS) is 10.7. The van der Waals surface area contributed by atoms with Crippen LogP contribution in [0.3, 0.4) is 0 Å². The SMILES string of the molecule is C=Cc1cccc(/C=C/c2ccc(OC)c(OC)c2)[n+]1CCN. The standard InChI is InChI=1S/C19H23N2O2/c1-4-16-6-5-7-17(21(16)13-12-20)10-8-15-9-11-18(22-2)19(14-15)23-3/h4-11,14H,1,12-13,20H2,2-3H3/q+1/b10-8+. The topological polar surface area (TPSA) is 48.4 Å². The summed E-state index contributed by atoms with van der Waals surface area (Å²) in [5, 5.41) is 0. The number of hydrogen-bond donors (Lipinski definition) is 1. The van der Waals surface area contributed by atoms with Crippen molar-refractivity contribution in [2.24, 2.45) is 5.73 Å². The van der Waals surface area contributed by atoms with Crippen molar-refractivity contribution in [3.63, 3.8) is 0 Å². The van der Waals surface area contributed by atoms with Crippen LogP contribution in [0.1, 0.15) is 17.0 Å². The molecule has 120 valence electrons. The highest BCUT2D eigenvalue weighted by Gasteiger charge is 2.11. The smallest absolute Gasteiger partial charge is 0.205 e. The molecule has 0 amide bonds. The number of rotatable bonds is 7. The second-order valence-electron chi connectivity index (χ2n) is 4.97. The highest BCUT2D eigenvalue weighted by Crippen LogP contribution is 2.28. The van der Waals surface area contributed by atoms with E-state index in [4.69, 9.17) is 15.2 Å². The lowest BCUT2D eigenvalue weighted by Gasteiger charge is -2.07. The van der Waals surface area contributed by atoms with Gasteiger partial charge in [0.1, 0.15) is 0 Å². The number of nitrogens with zero attached hydrogens (tertiary/aromatic N) is 1. The molecule has 1 heterocycles. The van der Waals surface area contributed by atoms with E-state index < -0.39 is 0 Å². The van der Waals surface area contributed by atoms with Gasteiger partial charge in [0.05, 0.1) is 20.8 Å². The number of nitrogens with two attached hydrogens (primary N) is 1. The summed E-state index contributed by atoms with van der Waals surface area (Å²) in [6.45, 7) is 5.18. The molecule has 0 atom stereocenters. The highest BCUT2D eigenvalue weighted by molar-refractivity contribution is 5.68. The minimum Gasteiger partial charge on any atom is -0.493 e. The predicted molar refractivity (Wildman–Crippen MR) is 94.3 cm³/mol. The third-order valence-corrected chi connectivity index (χ3v) is 3.57. The van der Waals surface area contributed by atoms with E-state index >= 15 is 0 Å². The maximum Gasteiger partial charge on any atom is 0.205 e. The van der Waals surface area contributed by atoms with Gasteiger partial charge in [0.25, 0.3) is 0 Å². The first-order valence-corrected chi connectivity index (χ1v) is 7.49. The summed E-state index contributed by atoms with van der Waals surface area (Å²) in [5.41, 5.74) is 8.87. The quantitative estimate of drug-likeness (QED) is 0.800. The Labute approximate surface area is 137 Å². The summed E-state index contributed by atoms with van der Waals surface area (Å²) in [6, 6.07) is 11.9. The lowest BCUT2D eigenvalue weighted by Crippen LogP contribution is -2.43. The summed E-state index contributed by atoms with van der Waals surface area (Å²) in [4.78, 5) is 0. The minimum absolute atomic E-state index is 0.576. The maximum absolute atomic E-state index is 5.72. The molecule has 23 heavy (non-hydrogen) atoms. The summed E-state index contributed by atoms with van der Waals surface area (Å²) in [5.74, 6) is 1.43. The summed E-state index contributed by atoms with van der Waals surface area (Å²) in [7, 11) is 3.26. The van der Waals surface area contributed by atoms with Crippen molar-refractivity contribution >= 4 is 18.2 Å². The fourth-order valence-corrected chi connectivity index (χ4v) is 2.42. The van der Waals surface area contributed by atoms with Gasteiger partial charge >= 0.3 is 0 Å². The molecule has 4 heteroatoms. The van der Waals surface area contributed by atoms with Gasteiger partial charge in [-0.3, -0.25) is 0 Å². The molecule has 0 radical (unpaired) electrons. The van der Waals surface area contributed by atoms with E-state index in [2.05, 4.69) is 23.3 Å². The molecule has 1 aromatic heterocycles. The van der Waals surface area contributed by atoms with Crippen LogP contribution in [0.5, 0.6) is 11.5 Å². The van der Waals surface area contributed by atoms with Crippen LogP contribution in [-0.2, 0) is 6.54 Å². The van der Waals surface area contributed by atoms with E-state index in [1.165, 1.54) is 0 Å². The lowest BCUT2D eigenvalue weighted by molar-refractivity contribution is -0.697. The Hall–Kier alpha value is -2.59. The Bertz CT molecular complexity index is 709. The van der Waals surface area contributed by atoms with Crippen LogP contribution in [0.25, 0.3) is 18.2 Å². The predicted octanol–water partition coefficient (Wildman–Crippen LogP) is 2.76. The Balaban J connectivity index is 2.35. The molecule has 0 saturated carbocycles. The largest absolute Gasteiger partial charge is 0.493 e. The molecule has 0 spiro atoms. The van der Waals surface area contributed by atoms with Gasteiger partial charge < -0.3 is 15.2 Å². The van der Waals surface area contributed by atoms with Crippen molar-refractivity contribution in [3.8, 4) is 11.5 Å². The van der Waals surface area contributed by atoms with Gasteiger partial charge in [0, 0.05) is 24.3 Å². The summed E-state index contributed by atoms with van der Waals surface area (Å²) >= 11 is 0. The van der Waals surface area contributed by atoms with Gasteiger partial charge in [0.2, 0.25) is 11.4 Å². The van der Waals surface area contributed by atoms with Crippen molar-refractivity contribution in [1.29, 1.82) is 0 Å². The molecule has 2 aromatic rings. The molecule has 0 aliphatic rings. The zero-order chi connectivity index (χ0) is 16.7. The van der Waals surface area contributed by atoms with Crippen LogP contribution in [-0.4, -0.2) is 20.8 Å². The van der Waals surface area contributed by atoms with Crippen LogP contribution in [0.4, 0.5) is 0 Å². The zero-order valence-electron chi connectivity index (χ0n) is 13.7. The average Bonchev–Trinajstić information content (AvgIpc) is 2.60. The van der Waals surface area contributed by atoms with Gasteiger partial charge in [-0.15, -0.1) is 0 Å². The van der Waals surface area contributed by atoms with Crippen molar-refractivity contribution in [2.75, 3.05) is 20.8 Å². The molecule has 0 saturated heterocycles. The fourth-order valence-electron chi connectivity index (χ4n) is 2.42. The van der Waals surface area contributed by atoms with Crippen molar-refractivity contribution < 1.29 is 14.0 Å². The number of benzene rings is 1. The second kappa shape index (κ2) is 8.15. The van der Waals surface area contributed by atoms with Crippen molar-refractivity contribution in [2.45, 2.75) is 6.54 Å². The first-order valence-electron chi connectivity index (χ1n) is 7.49. The number of pyridine rings is 1. The summed E-state index contributed by atoms with van der Waals surface area (Å²) < 4.78 is 12.7. The Morgan fingerprint density at radius 3 is 2.43 bits per heavy atom. The van der Waals surface area contributed by atoms with Crippen LogP contribution >= 0.6 is 0 Å². The van der Waals surface area contributed by atoms with E-state index in [0.717, 1.165) is 29.2 Å². The third-order valence-electron chi connectivity index (χ3n) is 3.57. The van der Waals surface area contributed by atoms with Crippen molar-refractivity contribution in [1.82, 2.24) is 0 Å². The molecular formula is C19H23N2O2+. The third kappa shape index (κ3) is 3.99. The average molecular weight is 311 g/mol. The zero-order valence-corrected chi connectivity index (χ0v) is 13.7. The van der Waals surface area contributed by atoms with E-state index in [1.54, 1.807) is 14.2 Å². The first-order chi connectivity index (χ1) is 11.2. The molecule has 0 bridgehead atoms. The molecule has 0 aliphatic heterocycles. The van der Waals surface area contributed by atoms with E-state index in [9.17, 15) is 0 Å². The Morgan fingerprint density at radius 1 is 1.04 bits per heavy atom. The molecule has 0 aliphatic carbocycles. The Morgan fingerprint density at radius 2 is 1.78 bits per heavy atom. The number of hydrogen-bond acceptors (Lipinski definition) is 3. The van der Waals surface area contributed by atoms with Gasteiger partial charge in [-0.2, -0.15) is 4.57 Å². The molecule has 4 nitrogen and oxygen atoms in total. The van der Waals surface area contributed by atoms with Crippen LogP contribution < -0.4 is 19.8 Å². The van der Waals surface area contributed by atoms with Crippen molar-refractivity contribution in [3.05, 3.63) is 59.9 Å². The molecule has 2 rings (SSSR count). The highest BCUT2D eigenvalue weighted by atomic mass is 16.5. The maximum atomic E-state index is 5.72. The van der Waals surface area contributed by atoms with Gasteiger partial charge in [-0.25, -0.2) is 0 Å². The lowest BCUT2D eigenvalue weighted by atomic mass is 10.1. The van der Waals surface area contributed by atoms with Crippen LogP contribution in [0.2, 0.25) is 0 Å². The number of ether oxygens (including phenoxy) is 2. The van der Waals surface area contributed by atoms with Gasteiger partial charge in [-0.1, -0.05) is 12.6 Å². The monoisotopic (exact) mass is 311 g/mol. The number of aromatic nitrogens is 1. The van der Waals surface area contributed by atoms with Crippen LogP contribution in [0, 0.1) is 0 Å². The Kier molecular flexibility index (Phi) is 5.94. The van der Waals surface area contributed by atoms with E-state index in [0.29, 0.717) is 12.3 Å². The number of methoxy groups -OCH3 is 2. The first kappa shape index (κ1) is 16.8. The molecular weight excluding hydrogens is 288 g/mol. The fraction of sp³-hybridized carbons (Fsp3) is 0.211.